The SMILES string of the molecule is CNC(Cc1cc(Br)ccc1F)c1ccc2c(c1)COC2. The molecule has 0 fully saturated rings. The first-order chi connectivity index (χ1) is 10.2. The molecule has 3 rings (SSSR count). The average molecular weight is 350 g/mol. The molecule has 1 unspecified atom stereocenters. The van der Waals surface area contributed by atoms with Crippen LogP contribution in [0.15, 0.2) is 40.9 Å². The van der Waals surface area contributed by atoms with E-state index in [0.717, 1.165) is 4.47 Å². The van der Waals surface area contributed by atoms with Gasteiger partial charge >= 0.3 is 0 Å². The summed E-state index contributed by atoms with van der Waals surface area (Å²) >= 11 is 3.40. The van der Waals surface area contributed by atoms with E-state index < -0.39 is 0 Å². The largest absolute Gasteiger partial charge is 0.372 e. The number of hydrogen-bond acceptors (Lipinski definition) is 2. The first-order valence-electron chi connectivity index (χ1n) is 6.98. The van der Waals surface area contributed by atoms with Crippen LogP contribution in [0.3, 0.4) is 0 Å². The molecule has 0 spiro atoms. The van der Waals surface area contributed by atoms with Crippen LogP contribution in [0, 0.1) is 5.82 Å². The maximum absolute atomic E-state index is 13.9. The summed E-state index contributed by atoms with van der Waals surface area (Å²) < 4.78 is 20.3. The van der Waals surface area contributed by atoms with Crippen molar-refractivity contribution >= 4 is 15.9 Å². The van der Waals surface area contributed by atoms with E-state index >= 15 is 0 Å². The van der Waals surface area contributed by atoms with E-state index in [0.29, 0.717) is 25.2 Å². The normalized spacial score (nSPS) is 15.0. The van der Waals surface area contributed by atoms with Crippen molar-refractivity contribution in [3.63, 3.8) is 0 Å². The standard InChI is InChI=1S/C17H17BrFNO/c1-20-17(8-13-7-15(18)4-5-16(13)19)11-2-3-12-9-21-10-14(12)6-11/h2-7,17,20H,8-10H2,1H3. The molecule has 0 aromatic heterocycles. The summed E-state index contributed by atoms with van der Waals surface area (Å²) in [5, 5.41) is 3.28. The Balaban J connectivity index is 1.86. The van der Waals surface area contributed by atoms with Crippen LogP contribution in [0.4, 0.5) is 4.39 Å². The highest BCUT2D eigenvalue weighted by Gasteiger charge is 2.17. The fourth-order valence-electron chi connectivity index (χ4n) is 2.71. The molecule has 2 aromatic rings. The van der Waals surface area contributed by atoms with E-state index in [4.69, 9.17) is 4.74 Å². The van der Waals surface area contributed by atoms with Gasteiger partial charge in [0.25, 0.3) is 0 Å². The molecule has 4 heteroatoms. The highest BCUT2D eigenvalue weighted by molar-refractivity contribution is 9.10. The summed E-state index contributed by atoms with van der Waals surface area (Å²) in [5.74, 6) is -0.164. The highest BCUT2D eigenvalue weighted by Crippen LogP contribution is 2.27. The molecular weight excluding hydrogens is 333 g/mol. The molecule has 110 valence electrons. The Hall–Kier alpha value is -1.23. The van der Waals surface area contributed by atoms with Gasteiger partial charge < -0.3 is 10.1 Å². The van der Waals surface area contributed by atoms with Crippen molar-refractivity contribution < 1.29 is 9.13 Å². The smallest absolute Gasteiger partial charge is 0.126 e. The summed E-state index contributed by atoms with van der Waals surface area (Å²) in [6, 6.07) is 11.5. The zero-order valence-corrected chi connectivity index (χ0v) is 13.4. The van der Waals surface area contributed by atoms with Gasteiger partial charge in [-0.05, 0) is 53.9 Å². The molecule has 0 aliphatic carbocycles. The third-order valence-corrected chi connectivity index (χ3v) is 4.42. The molecular formula is C17H17BrFNO. The first kappa shape index (κ1) is 14.7. The number of ether oxygens (including phenoxy) is 1. The molecule has 0 saturated heterocycles. The van der Waals surface area contributed by atoms with Crippen molar-refractivity contribution in [2.75, 3.05) is 7.05 Å². The van der Waals surface area contributed by atoms with Crippen LogP contribution in [0.2, 0.25) is 0 Å². The van der Waals surface area contributed by atoms with E-state index in [2.05, 4.69) is 39.4 Å². The fourth-order valence-corrected chi connectivity index (χ4v) is 3.12. The number of benzene rings is 2. The summed E-state index contributed by atoms with van der Waals surface area (Å²) in [6.45, 7) is 1.37. The van der Waals surface area contributed by atoms with Crippen molar-refractivity contribution in [3.8, 4) is 0 Å². The lowest BCUT2D eigenvalue weighted by molar-refractivity contribution is 0.134. The molecule has 1 atom stereocenters. The van der Waals surface area contributed by atoms with Crippen LogP contribution >= 0.6 is 15.9 Å². The Labute approximate surface area is 132 Å². The van der Waals surface area contributed by atoms with Gasteiger partial charge in [-0.3, -0.25) is 0 Å². The van der Waals surface area contributed by atoms with Gasteiger partial charge in [-0.2, -0.15) is 0 Å². The molecule has 1 aliphatic heterocycles. The molecule has 0 radical (unpaired) electrons. The fraction of sp³-hybridized carbons (Fsp3) is 0.294. The van der Waals surface area contributed by atoms with Crippen molar-refractivity contribution in [2.45, 2.75) is 25.7 Å². The molecule has 0 amide bonds. The lowest BCUT2D eigenvalue weighted by Gasteiger charge is -2.18. The number of nitrogens with one attached hydrogen (secondary N) is 1. The molecule has 1 aliphatic rings. The predicted molar refractivity (Wildman–Crippen MR) is 84.5 cm³/mol. The minimum absolute atomic E-state index is 0.0831. The molecule has 1 N–H and O–H groups in total. The van der Waals surface area contributed by atoms with Gasteiger partial charge in [0.2, 0.25) is 0 Å². The quantitative estimate of drug-likeness (QED) is 0.896. The van der Waals surface area contributed by atoms with E-state index in [1.54, 1.807) is 6.07 Å². The van der Waals surface area contributed by atoms with Crippen molar-refractivity contribution in [1.29, 1.82) is 0 Å². The van der Waals surface area contributed by atoms with Crippen LogP contribution in [0.25, 0.3) is 0 Å². The maximum Gasteiger partial charge on any atom is 0.126 e. The minimum atomic E-state index is -0.164. The highest BCUT2D eigenvalue weighted by atomic mass is 79.9. The number of fused-ring (bicyclic) bond motifs is 1. The van der Waals surface area contributed by atoms with Gasteiger partial charge in [0.05, 0.1) is 13.2 Å². The third-order valence-electron chi connectivity index (χ3n) is 3.93. The van der Waals surface area contributed by atoms with Gasteiger partial charge in [-0.25, -0.2) is 4.39 Å². The lowest BCUT2D eigenvalue weighted by Crippen LogP contribution is -2.19. The van der Waals surface area contributed by atoms with Crippen LogP contribution in [0.1, 0.15) is 28.3 Å². The van der Waals surface area contributed by atoms with Gasteiger partial charge in [0.1, 0.15) is 5.82 Å². The van der Waals surface area contributed by atoms with E-state index in [1.807, 2.05) is 13.1 Å². The summed E-state index contributed by atoms with van der Waals surface area (Å²) in [5.41, 5.74) is 4.37. The van der Waals surface area contributed by atoms with Crippen LogP contribution in [-0.4, -0.2) is 7.05 Å². The Morgan fingerprint density at radius 2 is 2.00 bits per heavy atom. The number of rotatable bonds is 4. The molecule has 0 bridgehead atoms. The van der Waals surface area contributed by atoms with E-state index in [-0.39, 0.29) is 11.9 Å². The van der Waals surface area contributed by atoms with Gasteiger partial charge in [-0.15, -0.1) is 0 Å². The molecule has 2 aromatic carbocycles. The maximum atomic E-state index is 13.9. The zero-order chi connectivity index (χ0) is 14.8. The summed E-state index contributed by atoms with van der Waals surface area (Å²) in [6.07, 6.45) is 0.613. The Morgan fingerprint density at radius 1 is 1.19 bits per heavy atom. The third kappa shape index (κ3) is 3.18. The topological polar surface area (TPSA) is 21.3 Å². The van der Waals surface area contributed by atoms with Crippen LogP contribution in [0.5, 0.6) is 0 Å². The van der Waals surface area contributed by atoms with Crippen LogP contribution in [-0.2, 0) is 24.4 Å². The predicted octanol–water partition coefficient (Wildman–Crippen LogP) is 4.12. The second-order valence-electron chi connectivity index (χ2n) is 5.30. The van der Waals surface area contributed by atoms with Gasteiger partial charge in [0, 0.05) is 10.5 Å². The van der Waals surface area contributed by atoms with Crippen LogP contribution < -0.4 is 5.32 Å². The van der Waals surface area contributed by atoms with Crippen molar-refractivity contribution in [1.82, 2.24) is 5.32 Å². The number of hydrogen-bond donors (Lipinski definition) is 1. The number of likely N-dealkylation sites (N-methyl/N-ethyl adjacent to an activating group) is 1. The molecule has 2 nitrogen and oxygen atoms in total. The average Bonchev–Trinajstić information content (AvgIpc) is 2.95. The Morgan fingerprint density at radius 3 is 2.81 bits per heavy atom. The molecule has 1 heterocycles. The second kappa shape index (κ2) is 6.26. The monoisotopic (exact) mass is 349 g/mol. The van der Waals surface area contributed by atoms with E-state index in [1.165, 1.54) is 22.8 Å². The van der Waals surface area contributed by atoms with Gasteiger partial charge in [-0.1, -0.05) is 34.1 Å². The van der Waals surface area contributed by atoms with Crippen molar-refractivity contribution in [3.05, 3.63) is 68.9 Å². The number of halogens is 2. The molecule has 21 heavy (non-hydrogen) atoms. The Bertz CT molecular complexity index is 659. The summed E-state index contributed by atoms with van der Waals surface area (Å²) in [4.78, 5) is 0. The van der Waals surface area contributed by atoms with Crippen molar-refractivity contribution in [2.24, 2.45) is 0 Å². The van der Waals surface area contributed by atoms with Gasteiger partial charge in [0.15, 0.2) is 0 Å². The Kier molecular flexibility index (Phi) is 4.38. The minimum Gasteiger partial charge on any atom is -0.372 e. The first-order valence-corrected chi connectivity index (χ1v) is 7.77. The second-order valence-corrected chi connectivity index (χ2v) is 6.22. The molecule has 0 saturated carbocycles. The van der Waals surface area contributed by atoms with E-state index in [9.17, 15) is 4.39 Å². The zero-order valence-electron chi connectivity index (χ0n) is 11.8. The lowest BCUT2D eigenvalue weighted by atomic mass is 9.96. The summed E-state index contributed by atoms with van der Waals surface area (Å²) in [7, 11) is 1.91.